The minimum atomic E-state index is -1.29. The minimum Gasteiger partial charge on any atom is -0.399 e. The zero-order valence-electron chi connectivity index (χ0n) is 36.5. The molecule has 1 saturated heterocycles. The molecule has 0 radical (unpaired) electrons. The van der Waals surface area contributed by atoms with Crippen molar-refractivity contribution in [1.82, 2.24) is 0 Å². The highest BCUT2D eigenvalue weighted by Gasteiger charge is 2.51. The van der Waals surface area contributed by atoms with E-state index in [1.54, 1.807) is 0 Å². The van der Waals surface area contributed by atoms with Crippen LogP contribution in [0, 0.1) is 22.3 Å². The molecule has 0 atom stereocenters. The van der Waals surface area contributed by atoms with Crippen LogP contribution in [0.5, 0.6) is 0 Å². The van der Waals surface area contributed by atoms with E-state index in [0.29, 0.717) is 31.5 Å². The van der Waals surface area contributed by atoms with Crippen molar-refractivity contribution in [2.45, 2.75) is 153 Å². The lowest BCUT2D eigenvalue weighted by Gasteiger charge is -2.46. The maximum Gasteiger partial charge on any atom is 0.494 e. The molecule has 0 amide bonds. The SMILES string of the molecule is CC(C)S(C#Cc1c2cc3ccccc3cc2c(C#CS(C(C)C)(C(C)C)C(C)C)c2cc3cc(B4OC(C)(C)C(C)(C)O4)ccc3cc12)(C(C)C)C(C)C. The summed E-state index contributed by atoms with van der Waals surface area (Å²) >= 11 is 0. The van der Waals surface area contributed by atoms with Crippen molar-refractivity contribution in [1.29, 1.82) is 0 Å². The Morgan fingerprint density at radius 1 is 0.455 bits per heavy atom. The summed E-state index contributed by atoms with van der Waals surface area (Å²) in [5, 5.41) is 20.6. The number of rotatable bonds is 7. The Morgan fingerprint density at radius 3 is 1.13 bits per heavy atom. The summed E-state index contributed by atoms with van der Waals surface area (Å²) in [6.45, 7) is 37.0. The second-order valence-corrected chi connectivity index (χ2v) is 27.5. The Labute approximate surface area is 337 Å². The fraction of sp³-hybridized carbons (Fsp3) is 0.480. The van der Waals surface area contributed by atoms with E-state index in [2.05, 4.69) is 200 Å². The predicted molar refractivity (Wildman–Crippen MR) is 252 cm³/mol. The second kappa shape index (κ2) is 15.0. The van der Waals surface area contributed by atoms with Gasteiger partial charge in [-0.1, -0.05) is 137 Å². The van der Waals surface area contributed by atoms with Crippen LogP contribution in [-0.4, -0.2) is 49.8 Å². The van der Waals surface area contributed by atoms with Gasteiger partial charge >= 0.3 is 7.12 Å². The third-order valence-electron chi connectivity index (χ3n) is 12.9. The lowest BCUT2D eigenvalue weighted by molar-refractivity contribution is 0.00578. The summed E-state index contributed by atoms with van der Waals surface area (Å²) in [5.74, 6) is 7.96. The summed E-state index contributed by atoms with van der Waals surface area (Å²) < 4.78 is 13.1. The summed E-state index contributed by atoms with van der Waals surface area (Å²) in [7, 11) is -3.01. The molecule has 1 fully saturated rings. The molecule has 1 aliphatic rings. The van der Waals surface area contributed by atoms with E-state index in [-0.39, 0.29) is 0 Å². The predicted octanol–water partition coefficient (Wildman–Crippen LogP) is 13.3. The highest BCUT2D eigenvalue weighted by molar-refractivity contribution is 8.39. The summed E-state index contributed by atoms with van der Waals surface area (Å²) in [6, 6.07) is 25.0. The van der Waals surface area contributed by atoms with E-state index in [1.807, 2.05) is 0 Å². The molecule has 6 rings (SSSR count). The average molecular weight is 773 g/mol. The van der Waals surface area contributed by atoms with Gasteiger partial charge in [-0.25, -0.2) is 0 Å². The third-order valence-corrected chi connectivity index (χ3v) is 23.1. The second-order valence-electron chi connectivity index (χ2n) is 18.4. The van der Waals surface area contributed by atoms with Crippen LogP contribution in [0.2, 0.25) is 0 Å². The molecule has 0 unspecified atom stereocenters. The normalized spacial score (nSPS) is 16.7. The summed E-state index contributed by atoms with van der Waals surface area (Å²) in [4.78, 5) is 0. The van der Waals surface area contributed by atoms with Gasteiger partial charge in [-0.2, -0.15) is 20.1 Å². The molecule has 0 saturated carbocycles. The molecule has 5 aromatic rings. The topological polar surface area (TPSA) is 18.5 Å². The monoisotopic (exact) mass is 772 g/mol. The average Bonchev–Trinajstić information content (AvgIpc) is 3.32. The molecule has 0 N–H and O–H groups in total. The van der Waals surface area contributed by atoms with Gasteiger partial charge in [-0.15, -0.1) is 0 Å². The smallest absolute Gasteiger partial charge is 0.399 e. The van der Waals surface area contributed by atoms with Crippen LogP contribution < -0.4 is 5.46 Å². The van der Waals surface area contributed by atoms with Gasteiger partial charge in [0.05, 0.1) is 11.2 Å². The highest BCUT2D eigenvalue weighted by Crippen LogP contribution is 2.61. The fourth-order valence-electron chi connectivity index (χ4n) is 9.32. The van der Waals surface area contributed by atoms with Crippen LogP contribution in [-0.2, 0) is 9.31 Å². The van der Waals surface area contributed by atoms with E-state index in [9.17, 15) is 0 Å². The van der Waals surface area contributed by atoms with Crippen molar-refractivity contribution in [3.63, 3.8) is 0 Å². The van der Waals surface area contributed by atoms with Gasteiger partial charge in [-0.05, 0) is 143 Å². The molecule has 0 aromatic heterocycles. The zero-order valence-corrected chi connectivity index (χ0v) is 38.2. The Balaban J connectivity index is 1.78. The van der Waals surface area contributed by atoms with Crippen LogP contribution in [0.15, 0.2) is 66.7 Å². The van der Waals surface area contributed by atoms with Gasteiger partial charge in [0.15, 0.2) is 0 Å². The lowest BCUT2D eigenvalue weighted by Crippen LogP contribution is -2.41. The number of hydrogen-bond acceptors (Lipinski definition) is 2. The molecule has 55 heavy (non-hydrogen) atoms. The van der Waals surface area contributed by atoms with Gasteiger partial charge in [0.25, 0.3) is 0 Å². The molecule has 5 heteroatoms. The summed E-state index contributed by atoms with van der Waals surface area (Å²) in [6.07, 6.45) is 0. The fourth-order valence-corrected chi connectivity index (χ4v) is 17.8. The van der Waals surface area contributed by atoms with Crippen LogP contribution in [0.3, 0.4) is 0 Å². The standard InChI is InChI=1S/C50H65BO2S2/c1-32(2)54(33(3)4,34(5)6)25-23-43-45-28-38-19-17-18-20-39(38)29-46(45)44(24-26-55(35(7)8,36(9)10)37(11)12)48-31-41-27-42(22-21-40(41)30-47(43)48)51-52-49(13,14)50(15,16)53-51/h17-22,27-37H,1-16H3. The van der Waals surface area contributed by atoms with Crippen LogP contribution in [0.1, 0.15) is 122 Å². The maximum atomic E-state index is 6.53. The Morgan fingerprint density at radius 2 is 0.782 bits per heavy atom. The van der Waals surface area contributed by atoms with Crippen molar-refractivity contribution in [3.05, 3.63) is 77.9 Å². The Kier molecular flexibility index (Phi) is 11.4. The first-order chi connectivity index (χ1) is 25.7. The van der Waals surface area contributed by atoms with Crippen molar-refractivity contribution in [2.75, 3.05) is 0 Å². The zero-order chi connectivity index (χ0) is 40.4. The van der Waals surface area contributed by atoms with Crippen molar-refractivity contribution in [3.8, 4) is 22.3 Å². The van der Waals surface area contributed by atoms with Gasteiger partial charge in [0.2, 0.25) is 0 Å². The number of hydrogen-bond donors (Lipinski definition) is 0. The van der Waals surface area contributed by atoms with E-state index in [1.165, 1.54) is 37.7 Å². The van der Waals surface area contributed by atoms with Crippen molar-refractivity contribution < 1.29 is 9.31 Å². The van der Waals surface area contributed by atoms with E-state index in [4.69, 9.17) is 9.31 Å². The van der Waals surface area contributed by atoms with Crippen LogP contribution in [0.4, 0.5) is 0 Å². The number of fused-ring (bicyclic) bond motifs is 4. The van der Waals surface area contributed by atoms with E-state index >= 15 is 0 Å². The molecule has 1 aliphatic heterocycles. The molecular weight excluding hydrogens is 707 g/mol. The molecule has 5 aromatic carbocycles. The minimum absolute atomic E-state index is 0.411. The Bertz CT molecular complexity index is 2330. The maximum absolute atomic E-state index is 6.53. The first-order valence-corrected chi connectivity index (χ1v) is 24.2. The van der Waals surface area contributed by atoms with E-state index < -0.39 is 38.4 Å². The molecule has 2 nitrogen and oxygen atoms in total. The van der Waals surface area contributed by atoms with Gasteiger partial charge < -0.3 is 9.31 Å². The molecule has 1 heterocycles. The lowest BCUT2D eigenvalue weighted by atomic mass is 9.78. The quantitative estimate of drug-likeness (QED) is 0.0932. The van der Waals surface area contributed by atoms with E-state index in [0.717, 1.165) is 22.0 Å². The first kappa shape index (κ1) is 41.6. The summed E-state index contributed by atoms with van der Waals surface area (Å²) in [5.41, 5.74) is 2.44. The van der Waals surface area contributed by atoms with Gasteiger partial charge in [0, 0.05) is 11.1 Å². The number of benzene rings is 5. The molecule has 292 valence electrons. The van der Waals surface area contributed by atoms with Crippen LogP contribution in [0.25, 0.3) is 43.1 Å². The Hall–Kier alpha value is -3.06. The molecule has 0 aliphatic carbocycles. The largest absolute Gasteiger partial charge is 0.494 e. The van der Waals surface area contributed by atoms with Gasteiger partial charge in [-0.3, -0.25) is 0 Å². The molecule has 0 bridgehead atoms. The van der Waals surface area contributed by atoms with Crippen molar-refractivity contribution in [2.24, 2.45) is 0 Å². The molecule has 0 spiro atoms. The van der Waals surface area contributed by atoms with Crippen molar-refractivity contribution >= 4 is 75.7 Å². The third kappa shape index (κ3) is 7.01. The first-order valence-electron chi connectivity index (χ1n) is 20.5. The molecular formula is C50H65BO2S2. The highest BCUT2D eigenvalue weighted by atomic mass is 32.3. The van der Waals surface area contributed by atoms with Crippen LogP contribution >= 0.6 is 20.1 Å². The van der Waals surface area contributed by atoms with Gasteiger partial charge in [0.1, 0.15) is 0 Å².